The lowest BCUT2D eigenvalue weighted by Crippen LogP contribution is -2.37. The van der Waals surface area contributed by atoms with E-state index in [1.807, 2.05) is 18.7 Å². The first-order valence-electron chi connectivity index (χ1n) is 6.20. The normalized spacial score (nSPS) is 10.9. The quantitative estimate of drug-likeness (QED) is 0.746. The Morgan fingerprint density at radius 1 is 1.53 bits per heavy atom. The van der Waals surface area contributed by atoms with Gasteiger partial charge in [0.25, 0.3) is 0 Å². The largest absolute Gasteiger partial charge is 0.465 e. The number of hydrogen-bond donors (Lipinski definition) is 0. The first-order chi connectivity index (χ1) is 9.13. The molecular weight excluding hydrogens is 246 g/mol. The molecule has 0 aliphatic heterocycles. The lowest BCUT2D eigenvalue weighted by Gasteiger charge is -2.26. The molecule has 0 saturated carbocycles. The maximum Gasteiger partial charge on any atom is 0.325 e. The van der Waals surface area contributed by atoms with Crippen molar-refractivity contribution in [2.45, 2.75) is 26.8 Å². The summed E-state index contributed by atoms with van der Waals surface area (Å²) in [4.78, 5) is 17.8. The zero-order chi connectivity index (χ0) is 13.8. The summed E-state index contributed by atoms with van der Waals surface area (Å²) >= 11 is 0. The van der Waals surface area contributed by atoms with E-state index in [-0.39, 0.29) is 18.6 Å². The SMILES string of the molecule is CCOC(=O)CN(c1nccn2cnnc12)C(C)C. The second-order valence-corrected chi connectivity index (χ2v) is 4.34. The van der Waals surface area contributed by atoms with Crippen LogP contribution in [0.3, 0.4) is 0 Å². The van der Waals surface area contributed by atoms with E-state index in [4.69, 9.17) is 4.74 Å². The van der Waals surface area contributed by atoms with Crippen molar-refractivity contribution in [3.05, 3.63) is 18.7 Å². The van der Waals surface area contributed by atoms with Gasteiger partial charge in [-0.1, -0.05) is 0 Å². The van der Waals surface area contributed by atoms with Crippen molar-refractivity contribution in [3.63, 3.8) is 0 Å². The molecule has 0 aromatic carbocycles. The Morgan fingerprint density at radius 2 is 2.32 bits per heavy atom. The minimum absolute atomic E-state index is 0.0970. The summed E-state index contributed by atoms with van der Waals surface area (Å²) in [6.07, 6.45) is 5.03. The molecule has 0 saturated heterocycles. The summed E-state index contributed by atoms with van der Waals surface area (Å²) in [7, 11) is 0. The van der Waals surface area contributed by atoms with Crippen LogP contribution in [0.25, 0.3) is 5.65 Å². The van der Waals surface area contributed by atoms with Crippen molar-refractivity contribution in [2.75, 3.05) is 18.1 Å². The van der Waals surface area contributed by atoms with Crippen LogP contribution in [0.4, 0.5) is 5.82 Å². The Labute approximate surface area is 111 Å². The van der Waals surface area contributed by atoms with Crippen molar-refractivity contribution in [1.82, 2.24) is 19.6 Å². The molecule has 0 N–H and O–H groups in total. The van der Waals surface area contributed by atoms with Crippen molar-refractivity contribution in [2.24, 2.45) is 0 Å². The Kier molecular flexibility index (Phi) is 3.94. The third-order valence-corrected chi connectivity index (χ3v) is 2.70. The first-order valence-corrected chi connectivity index (χ1v) is 6.20. The van der Waals surface area contributed by atoms with Crippen LogP contribution in [0, 0.1) is 0 Å². The van der Waals surface area contributed by atoms with E-state index in [2.05, 4.69) is 15.2 Å². The molecule has 0 amide bonds. The van der Waals surface area contributed by atoms with Gasteiger partial charge in [-0.3, -0.25) is 9.20 Å². The molecule has 0 spiro atoms. The number of carbonyl (C=O) groups is 1. The summed E-state index contributed by atoms with van der Waals surface area (Å²) in [5.74, 6) is 0.350. The summed E-state index contributed by atoms with van der Waals surface area (Å²) in [6, 6.07) is 0.0970. The van der Waals surface area contributed by atoms with Crippen molar-refractivity contribution in [1.29, 1.82) is 0 Å². The van der Waals surface area contributed by atoms with E-state index in [1.165, 1.54) is 0 Å². The van der Waals surface area contributed by atoms with E-state index < -0.39 is 0 Å². The van der Waals surface area contributed by atoms with Crippen molar-refractivity contribution < 1.29 is 9.53 Å². The van der Waals surface area contributed by atoms with E-state index >= 15 is 0 Å². The Balaban J connectivity index is 2.33. The lowest BCUT2D eigenvalue weighted by molar-refractivity contribution is -0.141. The number of carbonyl (C=O) groups excluding carboxylic acids is 1. The highest BCUT2D eigenvalue weighted by Crippen LogP contribution is 2.18. The molecule has 0 radical (unpaired) electrons. The van der Waals surface area contributed by atoms with Gasteiger partial charge in [0.15, 0.2) is 5.82 Å². The molecule has 2 heterocycles. The highest BCUT2D eigenvalue weighted by molar-refractivity contribution is 5.77. The number of fused-ring (bicyclic) bond motifs is 1. The van der Waals surface area contributed by atoms with Crippen LogP contribution in [0.5, 0.6) is 0 Å². The molecule has 7 nitrogen and oxygen atoms in total. The van der Waals surface area contributed by atoms with Crippen LogP contribution < -0.4 is 4.90 Å². The zero-order valence-corrected chi connectivity index (χ0v) is 11.3. The molecule has 102 valence electrons. The molecule has 0 aliphatic rings. The van der Waals surface area contributed by atoms with Gasteiger partial charge in [0.05, 0.1) is 6.61 Å². The number of ether oxygens (including phenoxy) is 1. The van der Waals surface area contributed by atoms with Crippen LogP contribution >= 0.6 is 0 Å². The van der Waals surface area contributed by atoms with Crippen LogP contribution in [-0.2, 0) is 9.53 Å². The molecule has 19 heavy (non-hydrogen) atoms. The number of anilines is 1. The molecule has 7 heteroatoms. The number of hydrogen-bond acceptors (Lipinski definition) is 6. The van der Waals surface area contributed by atoms with Crippen LogP contribution in [-0.4, -0.2) is 44.7 Å². The molecule has 2 aromatic heterocycles. The third-order valence-electron chi connectivity index (χ3n) is 2.70. The average molecular weight is 263 g/mol. The van der Waals surface area contributed by atoms with Crippen molar-refractivity contribution in [3.8, 4) is 0 Å². The zero-order valence-electron chi connectivity index (χ0n) is 11.3. The predicted molar refractivity (Wildman–Crippen MR) is 69.9 cm³/mol. The topological polar surface area (TPSA) is 72.6 Å². The standard InChI is InChI=1S/C12H17N5O2/c1-4-19-10(18)7-17(9(2)3)11-12-15-14-8-16(12)6-5-13-11/h5-6,8-9H,4,7H2,1-3H3. The molecular formula is C12H17N5O2. The first kappa shape index (κ1) is 13.3. The second kappa shape index (κ2) is 5.64. The summed E-state index contributed by atoms with van der Waals surface area (Å²) in [5, 5.41) is 7.88. The fourth-order valence-electron chi connectivity index (χ4n) is 1.80. The molecule has 0 atom stereocenters. The molecule has 2 aromatic rings. The highest BCUT2D eigenvalue weighted by atomic mass is 16.5. The Morgan fingerprint density at radius 3 is 3.00 bits per heavy atom. The van der Waals surface area contributed by atoms with Gasteiger partial charge in [-0.25, -0.2) is 4.98 Å². The Hall–Kier alpha value is -2.18. The summed E-state index contributed by atoms with van der Waals surface area (Å²) in [5.41, 5.74) is 0.625. The molecule has 0 aliphatic carbocycles. The molecule has 0 unspecified atom stereocenters. The number of esters is 1. The monoisotopic (exact) mass is 263 g/mol. The van der Waals surface area contributed by atoms with Gasteiger partial charge >= 0.3 is 5.97 Å². The van der Waals surface area contributed by atoms with Gasteiger partial charge in [0.2, 0.25) is 5.65 Å². The maximum atomic E-state index is 11.7. The number of rotatable bonds is 5. The maximum absolute atomic E-state index is 11.7. The molecule has 0 fully saturated rings. The van der Waals surface area contributed by atoms with E-state index in [1.54, 1.807) is 30.0 Å². The summed E-state index contributed by atoms with van der Waals surface area (Å²) < 4.78 is 6.75. The minimum atomic E-state index is -0.278. The Bertz CT molecular complexity index is 566. The van der Waals surface area contributed by atoms with Crippen LogP contribution in [0.2, 0.25) is 0 Å². The summed E-state index contributed by atoms with van der Waals surface area (Å²) in [6.45, 7) is 6.27. The average Bonchev–Trinajstić information content (AvgIpc) is 2.84. The van der Waals surface area contributed by atoms with Gasteiger partial charge in [0.1, 0.15) is 12.9 Å². The van der Waals surface area contributed by atoms with Gasteiger partial charge < -0.3 is 9.64 Å². The third kappa shape index (κ3) is 2.81. The van der Waals surface area contributed by atoms with E-state index in [0.717, 1.165) is 0 Å². The minimum Gasteiger partial charge on any atom is -0.465 e. The van der Waals surface area contributed by atoms with Crippen LogP contribution in [0.1, 0.15) is 20.8 Å². The van der Waals surface area contributed by atoms with E-state index in [9.17, 15) is 4.79 Å². The van der Waals surface area contributed by atoms with Gasteiger partial charge in [-0.2, -0.15) is 0 Å². The molecule has 2 rings (SSSR count). The number of aromatic nitrogens is 4. The number of nitrogens with zero attached hydrogens (tertiary/aromatic N) is 5. The lowest BCUT2D eigenvalue weighted by atomic mass is 10.3. The fraction of sp³-hybridized carbons (Fsp3) is 0.500. The van der Waals surface area contributed by atoms with Crippen molar-refractivity contribution >= 4 is 17.4 Å². The highest BCUT2D eigenvalue weighted by Gasteiger charge is 2.20. The van der Waals surface area contributed by atoms with Crippen LogP contribution in [0.15, 0.2) is 18.7 Å². The van der Waals surface area contributed by atoms with Gasteiger partial charge in [-0.15, -0.1) is 10.2 Å². The smallest absolute Gasteiger partial charge is 0.325 e. The van der Waals surface area contributed by atoms with E-state index in [0.29, 0.717) is 18.1 Å². The van der Waals surface area contributed by atoms with Gasteiger partial charge in [-0.05, 0) is 20.8 Å². The molecule has 0 bridgehead atoms. The second-order valence-electron chi connectivity index (χ2n) is 4.34. The fourth-order valence-corrected chi connectivity index (χ4v) is 1.80. The predicted octanol–water partition coefficient (Wildman–Crippen LogP) is 0.902. The van der Waals surface area contributed by atoms with Gasteiger partial charge in [0, 0.05) is 18.4 Å².